The van der Waals surface area contributed by atoms with Gasteiger partial charge in [0, 0.05) is 28.2 Å². The highest BCUT2D eigenvalue weighted by molar-refractivity contribution is 5.95. The van der Waals surface area contributed by atoms with Crippen LogP contribution in [0, 0.1) is 6.92 Å². The van der Waals surface area contributed by atoms with Crippen molar-refractivity contribution in [2.24, 2.45) is 0 Å². The second-order valence-corrected chi connectivity index (χ2v) is 4.16. The molecule has 2 aromatic rings. The lowest BCUT2D eigenvalue weighted by Gasteiger charge is -2.00. The molecule has 1 aromatic carbocycles. The molecular weight excluding hydrogens is 242 g/mol. The van der Waals surface area contributed by atoms with E-state index in [1.54, 1.807) is 20.1 Å². The summed E-state index contributed by atoms with van der Waals surface area (Å²) in [6.45, 7) is 4.13. The number of ether oxygens (including phenoxy) is 2. The number of aryl methyl sites for hydroxylation is 1. The van der Waals surface area contributed by atoms with E-state index in [0.29, 0.717) is 6.61 Å². The molecule has 4 heteroatoms. The lowest BCUT2D eigenvalue weighted by Crippen LogP contribution is -1.98. The fourth-order valence-electron chi connectivity index (χ4n) is 2.01. The lowest BCUT2D eigenvalue weighted by molar-refractivity contribution is -0.137. The highest BCUT2D eigenvalue weighted by atomic mass is 16.5. The standard InChI is InChI=1S/C15H17NO3/c1-4-19-15(17)8-6-12-10(2)16-14-7-5-11(18-3)9-13(12)14/h5-9,16H,4H2,1-3H3/b8-6+. The van der Waals surface area contributed by atoms with Crippen LogP contribution in [0.3, 0.4) is 0 Å². The molecule has 0 bridgehead atoms. The number of H-pyrrole nitrogens is 1. The molecule has 0 aliphatic carbocycles. The summed E-state index contributed by atoms with van der Waals surface area (Å²) in [5, 5.41) is 1.03. The molecule has 100 valence electrons. The van der Waals surface area contributed by atoms with Gasteiger partial charge in [-0.05, 0) is 38.1 Å². The number of aromatic amines is 1. The molecule has 1 N–H and O–H groups in total. The SMILES string of the molecule is CCOC(=O)/C=C/c1c(C)[nH]c2ccc(OC)cc12. The van der Waals surface area contributed by atoms with Crippen molar-refractivity contribution in [3.63, 3.8) is 0 Å². The van der Waals surface area contributed by atoms with E-state index >= 15 is 0 Å². The van der Waals surface area contributed by atoms with Crippen molar-refractivity contribution in [1.82, 2.24) is 4.98 Å². The van der Waals surface area contributed by atoms with E-state index in [1.807, 2.05) is 25.1 Å². The summed E-state index contributed by atoms with van der Waals surface area (Å²) in [6.07, 6.45) is 3.21. The highest BCUT2D eigenvalue weighted by Crippen LogP contribution is 2.27. The summed E-state index contributed by atoms with van der Waals surface area (Å²) in [7, 11) is 1.63. The number of fused-ring (bicyclic) bond motifs is 1. The molecule has 0 spiro atoms. The molecule has 0 fully saturated rings. The fraction of sp³-hybridized carbons (Fsp3) is 0.267. The number of esters is 1. The summed E-state index contributed by atoms with van der Waals surface area (Å²) < 4.78 is 10.1. The molecule has 1 heterocycles. The van der Waals surface area contributed by atoms with E-state index in [-0.39, 0.29) is 5.97 Å². The van der Waals surface area contributed by atoms with Gasteiger partial charge in [0.1, 0.15) is 5.75 Å². The molecule has 1 aromatic heterocycles. The third kappa shape index (κ3) is 2.78. The molecule has 0 radical (unpaired) electrons. The van der Waals surface area contributed by atoms with E-state index in [4.69, 9.17) is 9.47 Å². The number of benzene rings is 1. The van der Waals surface area contributed by atoms with E-state index in [0.717, 1.165) is 27.9 Å². The Bertz CT molecular complexity index is 626. The van der Waals surface area contributed by atoms with Gasteiger partial charge in [-0.25, -0.2) is 4.79 Å². The Kier molecular flexibility index (Phi) is 3.90. The minimum absolute atomic E-state index is 0.334. The van der Waals surface area contributed by atoms with Gasteiger partial charge in [0.2, 0.25) is 0 Å². The minimum atomic E-state index is -0.334. The molecule has 0 aliphatic rings. The molecule has 0 aliphatic heterocycles. The van der Waals surface area contributed by atoms with Gasteiger partial charge in [0.15, 0.2) is 0 Å². The first kappa shape index (κ1) is 13.2. The van der Waals surface area contributed by atoms with Gasteiger partial charge in [0.05, 0.1) is 13.7 Å². The summed E-state index contributed by atoms with van der Waals surface area (Å²) in [5.41, 5.74) is 2.99. The first-order valence-electron chi connectivity index (χ1n) is 6.17. The molecule has 19 heavy (non-hydrogen) atoms. The maximum absolute atomic E-state index is 11.4. The molecule has 0 amide bonds. The molecule has 0 atom stereocenters. The minimum Gasteiger partial charge on any atom is -0.497 e. The van der Waals surface area contributed by atoms with Crippen molar-refractivity contribution in [3.8, 4) is 5.75 Å². The number of carbonyl (C=O) groups excluding carboxylic acids is 1. The fourth-order valence-corrected chi connectivity index (χ4v) is 2.01. The Hall–Kier alpha value is -2.23. The van der Waals surface area contributed by atoms with Gasteiger partial charge in [-0.1, -0.05) is 0 Å². The first-order valence-corrected chi connectivity index (χ1v) is 6.17. The summed E-state index contributed by atoms with van der Waals surface area (Å²) in [6, 6.07) is 5.81. The van der Waals surface area contributed by atoms with Crippen LogP contribution >= 0.6 is 0 Å². The van der Waals surface area contributed by atoms with Gasteiger partial charge < -0.3 is 14.5 Å². The van der Waals surface area contributed by atoms with E-state index in [1.165, 1.54) is 6.08 Å². The molecule has 2 rings (SSSR count). The monoisotopic (exact) mass is 259 g/mol. The van der Waals surface area contributed by atoms with E-state index < -0.39 is 0 Å². The van der Waals surface area contributed by atoms with Crippen LogP contribution in [-0.4, -0.2) is 24.7 Å². The quantitative estimate of drug-likeness (QED) is 0.678. The number of hydrogen-bond donors (Lipinski definition) is 1. The number of methoxy groups -OCH3 is 1. The third-order valence-electron chi connectivity index (χ3n) is 2.92. The Morgan fingerprint density at radius 1 is 1.42 bits per heavy atom. The van der Waals surface area contributed by atoms with Gasteiger partial charge in [0.25, 0.3) is 0 Å². The van der Waals surface area contributed by atoms with Crippen molar-refractivity contribution in [2.75, 3.05) is 13.7 Å². The smallest absolute Gasteiger partial charge is 0.330 e. The van der Waals surface area contributed by atoms with Crippen LogP contribution < -0.4 is 4.74 Å². The second-order valence-electron chi connectivity index (χ2n) is 4.16. The zero-order valence-electron chi connectivity index (χ0n) is 11.3. The normalized spacial score (nSPS) is 11.1. The summed E-state index contributed by atoms with van der Waals surface area (Å²) >= 11 is 0. The average Bonchev–Trinajstić information content (AvgIpc) is 2.71. The Morgan fingerprint density at radius 3 is 2.89 bits per heavy atom. The molecule has 4 nitrogen and oxygen atoms in total. The van der Waals surface area contributed by atoms with Crippen LogP contribution in [0.5, 0.6) is 5.75 Å². The van der Waals surface area contributed by atoms with Crippen molar-refractivity contribution in [1.29, 1.82) is 0 Å². The summed E-state index contributed by atoms with van der Waals surface area (Å²) in [5.74, 6) is 0.455. The van der Waals surface area contributed by atoms with Gasteiger partial charge >= 0.3 is 5.97 Å². The van der Waals surface area contributed by atoms with Crippen molar-refractivity contribution >= 4 is 22.9 Å². The number of hydrogen-bond acceptors (Lipinski definition) is 3. The number of nitrogens with one attached hydrogen (secondary N) is 1. The van der Waals surface area contributed by atoms with Crippen molar-refractivity contribution < 1.29 is 14.3 Å². The topological polar surface area (TPSA) is 51.3 Å². The van der Waals surface area contributed by atoms with Gasteiger partial charge in [-0.2, -0.15) is 0 Å². The maximum atomic E-state index is 11.4. The van der Waals surface area contributed by atoms with Gasteiger partial charge in [-0.15, -0.1) is 0 Å². The predicted octanol–water partition coefficient (Wildman–Crippen LogP) is 3.06. The average molecular weight is 259 g/mol. The lowest BCUT2D eigenvalue weighted by atomic mass is 10.1. The predicted molar refractivity (Wildman–Crippen MR) is 75.3 cm³/mol. The number of rotatable bonds is 4. The zero-order valence-corrected chi connectivity index (χ0v) is 11.3. The van der Waals surface area contributed by atoms with Crippen LogP contribution in [0.4, 0.5) is 0 Å². The largest absolute Gasteiger partial charge is 0.497 e. The van der Waals surface area contributed by atoms with Crippen LogP contribution in [-0.2, 0) is 9.53 Å². The highest BCUT2D eigenvalue weighted by Gasteiger charge is 2.07. The molecule has 0 saturated heterocycles. The van der Waals surface area contributed by atoms with E-state index in [2.05, 4.69) is 4.98 Å². The molecule has 0 saturated carbocycles. The third-order valence-corrected chi connectivity index (χ3v) is 2.92. The van der Waals surface area contributed by atoms with Crippen molar-refractivity contribution in [3.05, 3.63) is 35.5 Å². The summed E-state index contributed by atoms with van der Waals surface area (Å²) in [4.78, 5) is 14.6. The Balaban J connectivity index is 2.41. The molecule has 0 unspecified atom stereocenters. The number of carbonyl (C=O) groups is 1. The second kappa shape index (κ2) is 5.61. The Labute approximate surface area is 112 Å². The van der Waals surface area contributed by atoms with Gasteiger partial charge in [-0.3, -0.25) is 0 Å². The maximum Gasteiger partial charge on any atom is 0.330 e. The van der Waals surface area contributed by atoms with Crippen LogP contribution in [0.15, 0.2) is 24.3 Å². The van der Waals surface area contributed by atoms with Crippen LogP contribution in [0.2, 0.25) is 0 Å². The van der Waals surface area contributed by atoms with Crippen molar-refractivity contribution in [2.45, 2.75) is 13.8 Å². The van der Waals surface area contributed by atoms with Crippen LogP contribution in [0.1, 0.15) is 18.2 Å². The molecular formula is C15H17NO3. The number of aromatic nitrogens is 1. The zero-order chi connectivity index (χ0) is 13.8. The first-order chi connectivity index (χ1) is 9.15. The Morgan fingerprint density at radius 2 is 2.21 bits per heavy atom. The van der Waals surface area contributed by atoms with Crippen LogP contribution in [0.25, 0.3) is 17.0 Å². The van der Waals surface area contributed by atoms with E-state index in [9.17, 15) is 4.79 Å².